The number of alkyl halides is 1. The van der Waals surface area contributed by atoms with Crippen molar-refractivity contribution >= 4 is 37.5 Å². The molecule has 5 nitrogen and oxygen atoms in total. The molecule has 0 saturated carbocycles. The Bertz CT molecular complexity index is 459. The van der Waals surface area contributed by atoms with E-state index in [1.807, 2.05) is 6.92 Å². The molecule has 0 N–H and O–H groups in total. The van der Waals surface area contributed by atoms with Crippen molar-refractivity contribution in [3.05, 3.63) is 37.2 Å². The van der Waals surface area contributed by atoms with E-state index in [0.29, 0.717) is 6.54 Å². The molecule has 0 aromatic carbocycles. The van der Waals surface area contributed by atoms with Crippen LogP contribution in [-0.2, 0) is 6.54 Å². The summed E-state index contributed by atoms with van der Waals surface area (Å²) in [5.74, 6) is 0.228. The van der Waals surface area contributed by atoms with E-state index in [4.69, 9.17) is 0 Å². The van der Waals surface area contributed by atoms with E-state index >= 15 is 0 Å². The Morgan fingerprint density at radius 2 is 2.25 bits per heavy atom. The van der Waals surface area contributed by atoms with Crippen LogP contribution in [0.15, 0.2) is 21.5 Å². The lowest BCUT2D eigenvalue weighted by atomic mass is 10.2. The van der Waals surface area contributed by atoms with Gasteiger partial charge >= 0.3 is 0 Å². The van der Waals surface area contributed by atoms with Gasteiger partial charge in [0.25, 0.3) is 11.2 Å². The Morgan fingerprint density at radius 3 is 2.75 bits per heavy atom. The van der Waals surface area contributed by atoms with E-state index in [1.165, 1.54) is 16.8 Å². The third-order valence-corrected chi connectivity index (χ3v) is 3.68. The van der Waals surface area contributed by atoms with Crippen LogP contribution < -0.4 is 5.56 Å². The fourth-order valence-electron chi connectivity index (χ4n) is 1.20. The van der Waals surface area contributed by atoms with E-state index in [9.17, 15) is 14.9 Å². The zero-order valence-electron chi connectivity index (χ0n) is 8.52. The molecule has 1 aromatic heterocycles. The minimum Gasteiger partial charge on any atom is -0.308 e. The largest absolute Gasteiger partial charge is 0.308 e. The number of hydrogen-bond donors (Lipinski definition) is 0. The van der Waals surface area contributed by atoms with Crippen LogP contribution in [0.5, 0.6) is 0 Å². The minimum absolute atomic E-state index is 0.0896. The fourth-order valence-corrected chi connectivity index (χ4v) is 1.87. The van der Waals surface area contributed by atoms with Gasteiger partial charge < -0.3 is 4.57 Å². The first-order chi connectivity index (χ1) is 7.45. The number of hydrogen-bond acceptors (Lipinski definition) is 3. The normalized spacial score (nSPS) is 12.4. The van der Waals surface area contributed by atoms with Crippen molar-refractivity contribution in [3.63, 3.8) is 0 Å². The topological polar surface area (TPSA) is 65.1 Å². The SMILES string of the molecule is CC(CBr)Cn1cc([N+](=O)[O-])cc(Br)c1=O. The van der Waals surface area contributed by atoms with Crippen LogP contribution in [0.25, 0.3) is 0 Å². The van der Waals surface area contributed by atoms with Crippen molar-refractivity contribution in [2.45, 2.75) is 13.5 Å². The lowest BCUT2D eigenvalue weighted by Gasteiger charge is -2.10. The van der Waals surface area contributed by atoms with Crippen LogP contribution in [-0.4, -0.2) is 14.8 Å². The second-order valence-corrected chi connectivity index (χ2v) is 5.02. The number of nitrogens with zero attached hydrogens (tertiary/aromatic N) is 2. The summed E-state index contributed by atoms with van der Waals surface area (Å²) in [6.45, 7) is 2.40. The van der Waals surface area contributed by atoms with Crippen molar-refractivity contribution < 1.29 is 4.92 Å². The number of halogens is 2. The molecule has 0 aliphatic carbocycles. The summed E-state index contributed by atoms with van der Waals surface area (Å²) in [6, 6.07) is 1.22. The average molecular weight is 354 g/mol. The van der Waals surface area contributed by atoms with Crippen molar-refractivity contribution in [2.24, 2.45) is 5.92 Å². The van der Waals surface area contributed by atoms with Gasteiger partial charge in [-0.3, -0.25) is 14.9 Å². The highest BCUT2D eigenvalue weighted by Gasteiger charge is 2.13. The van der Waals surface area contributed by atoms with E-state index in [1.54, 1.807) is 0 Å². The predicted octanol–water partition coefficient (Wildman–Crippen LogP) is 2.55. The second-order valence-electron chi connectivity index (χ2n) is 3.52. The smallest absolute Gasteiger partial charge is 0.286 e. The van der Waals surface area contributed by atoms with Crippen molar-refractivity contribution in [2.75, 3.05) is 5.33 Å². The average Bonchev–Trinajstić information content (AvgIpc) is 2.23. The van der Waals surface area contributed by atoms with Gasteiger partial charge in [-0.15, -0.1) is 0 Å². The van der Waals surface area contributed by atoms with Gasteiger partial charge in [-0.05, 0) is 21.8 Å². The zero-order valence-corrected chi connectivity index (χ0v) is 11.7. The number of aromatic nitrogens is 1. The molecule has 1 atom stereocenters. The summed E-state index contributed by atoms with van der Waals surface area (Å²) >= 11 is 6.33. The summed E-state index contributed by atoms with van der Waals surface area (Å²) in [4.78, 5) is 21.8. The zero-order chi connectivity index (χ0) is 12.3. The molecule has 1 aromatic rings. The van der Waals surface area contributed by atoms with Gasteiger partial charge in [0, 0.05) is 17.9 Å². The molecule has 16 heavy (non-hydrogen) atoms. The lowest BCUT2D eigenvalue weighted by Crippen LogP contribution is -2.24. The standard InChI is InChI=1S/C9H10Br2N2O3/c1-6(3-10)4-12-5-7(13(15)16)2-8(11)9(12)14/h2,5-6H,3-4H2,1H3. The molecular weight excluding hydrogens is 344 g/mol. The summed E-state index contributed by atoms with van der Waals surface area (Å²) in [5, 5.41) is 11.4. The fraction of sp³-hybridized carbons (Fsp3) is 0.444. The monoisotopic (exact) mass is 352 g/mol. The lowest BCUT2D eigenvalue weighted by molar-refractivity contribution is -0.385. The van der Waals surface area contributed by atoms with Gasteiger partial charge in [0.05, 0.1) is 15.6 Å². The van der Waals surface area contributed by atoms with Gasteiger partial charge in [0.15, 0.2) is 0 Å². The number of pyridine rings is 1. The van der Waals surface area contributed by atoms with Crippen LogP contribution in [0.4, 0.5) is 5.69 Å². The van der Waals surface area contributed by atoms with Crippen molar-refractivity contribution in [1.29, 1.82) is 0 Å². The first-order valence-electron chi connectivity index (χ1n) is 4.56. The molecule has 0 fully saturated rings. The summed E-state index contributed by atoms with van der Waals surface area (Å²) in [5.41, 5.74) is -0.341. The highest BCUT2D eigenvalue weighted by atomic mass is 79.9. The molecular formula is C9H10Br2N2O3. The van der Waals surface area contributed by atoms with E-state index < -0.39 is 4.92 Å². The molecule has 1 heterocycles. The first-order valence-corrected chi connectivity index (χ1v) is 6.47. The highest BCUT2D eigenvalue weighted by molar-refractivity contribution is 9.10. The van der Waals surface area contributed by atoms with E-state index in [-0.39, 0.29) is 21.6 Å². The summed E-state index contributed by atoms with van der Waals surface area (Å²) in [6.07, 6.45) is 1.27. The molecule has 0 bridgehead atoms. The third-order valence-electron chi connectivity index (χ3n) is 2.01. The molecule has 1 rings (SSSR count). The Balaban J connectivity index is 3.17. The Morgan fingerprint density at radius 1 is 1.62 bits per heavy atom. The minimum atomic E-state index is -0.514. The van der Waals surface area contributed by atoms with Gasteiger partial charge in [-0.2, -0.15) is 0 Å². The third kappa shape index (κ3) is 3.15. The molecule has 1 unspecified atom stereocenters. The van der Waals surface area contributed by atoms with Gasteiger partial charge in [0.1, 0.15) is 0 Å². The quantitative estimate of drug-likeness (QED) is 0.474. The molecule has 0 saturated heterocycles. The number of nitro groups is 1. The summed E-state index contributed by atoms with van der Waals surface area (Å²) in [7, 11) is 0. The van der Waals surface area contributed by atoms with E-state index in [0.717, 1.165) is 5.33 Å². The van der Waals surface area contributed by atoms with Crippen LogP contribution in [0.1, 0.15) is 6.92 Å². The van der Waals surface area contributed by atoms with Crippen LogP contribution in [0.2, 0.25) is 0 Å². The second kappa shape index (κ2) is 5.58. The maximum atomic E-state index is 11.7. The van der Waals surface area contributed by atoms with Gasteiger partial charge in [-0.1, -0.05) is 22.9 Å². The highest BCUT2D eigenvalue weighted by Crippen LogP contribution is 2.15. The van der Waals surface area contributed by atoms with Gasteiger partial charge in [0.2, 0.25) is 0 Å². The molecule has 0 aliphatic rings. The van der Waals surface area contributed by atoms with E-state index in [2.05, 4.69) is 31.9 Å². The molecule has 0 aliphatic heterocycles. The summed E-state index contributed by atoms with van der Waals surface area (Å²) < 4.78 is 1.57. The first kappa shape index (κ1) is 13.4. The maximum absolute atomic E-state index is 11.7. The van der Waals surface area contributed by atoms with Crippen LogP contribution in [0, 0.1) is 16.0 Å². The van der Waals surface area contributed by atoms with Crippen LogP contribution in [0.3, 0.4) is 0 Å². The van der Waals surface area contributed by atoms with Gasteiger partial charge in [-0.25, -0.2) is 0 Å². The molecule has 0 spiro atoms. The molecule has 7 heteroatoms. The van der Waals surface area contributed by atoms with Crippen molar-refractivity contribution in [3.8, 4) is 0 Å². The Labute approximate surface area is 109 Å². The maximum Gasteiger partial charge on any atom is 0.286 e. The van der Waals surface area contributed by atoms with Crippen LogP contribution >= 0.6 is 31.9 Å². The number of rotatable bonds is 4. The molecule has 0 radical (unpaired) electrons. The predicted molar refractivity (Wildman–Crippen MR) is 68.0 cm³/mol. The Kier molecular flexibility index (Phi) is 4.67. The molecule has 0 amide bonds. The Hall–Kier alpha value is -0.690. The van der Waals surface area contributed by atoms with Crippen molar-refractivity contribution in [1.82, 2.24) is 4.57 Å². The molecule has 88 valence electrons.